The van der Waals surface area contributed by atoms with E-state index in [1.165, 1.54) is 12.1 Å². The van der Waals surface area contributed by atoms with Crippen molar-refractivity contribution in [2.24, 2.45) is 0 Å². The quantitative estimate of drug-likeness (QED) is 0.792. The average molecular weight is 287 g/mol. The SMILES string of the molecule is FC(F)(F)c1ccc(N2CCC3(CC2)OCCO3)cc1. The van der Waals surface area contributed by atoms with Gasteiger partial charge in [-0.15, -0.1) is 0 Å². The van der Waals surface area contributed by atoms with Crippen molar-refractivity contribution in [2.75, 3.05) is 31.2 Å². The molecule has 1 spiro atoms. The first-order valence-corrected chi connectivity index (χ1v) is 6.69. The van der Waals surface area contributed by atoms with Gasteiger partial charge in [-0.25, -0.2) is 0 Å². The van der Waals surface area contributed by atoms with Gasteiger partial charge in [0.2, 0.25) is 0 Å². The number of ether oxygens (including phenoxy) is 2. The molecule has 2 heterocycles. The molecule has 0 unspecified atom stereocenters. The lowest BCUT2D eigenvalue weighted by Gasteiger charge is -2.38. The summed E-state index contributed by atoms with van der Waals surface area (Å²) in [5.74, 6) is -0.456. The average Bonchev–Trinajstić information content (AvgIpc) is 2.87. The molecule has 110 valence electrons. The van der Waals surface area contributed by atoms with E-state index in [2.05, 4.69) is 4.90 Å². The predicted octanol–water partition coefficient (Wildman–Crippen LogP) is 3.05. The molecule has 0 radical (unpaired) electrons. The number of benzene rings is 1. The van der Waals surface area contributed by atoms with E-state index in [1.54, 1.807) is 0 Å². The Kier molecular flexibility index (Phi) is 3.38. The molecule has 6 heteroatoms. The highest BCUT2D eigenvalue weighted by atomic mass is 19.4. The third-order valence-corrected chi connectivity index (χ3v) is 3.90. The Morgan fingerprint density at radius 3 is 2.00 bits per heavy atom. The maximum Gasteiger partial charge on any atom is 0.416 e. The zero-order valence-electron chi connectivity index (χ0n) is 10.9. The molecule has 2 aliphatic rings. The highest BCUT2D eigenvalue weighted by Gasteiger charge is 2.40. The highest BCUT2D eigenvalue weighted by Crippen LogP contribution is 2.34. The largest absolute Gasteiger partial charge is 0.416 e. The standard InChI is InChI=1S/C14H16F3NO2/c15-14(16,17)11-1-3-12(4-2-11)18-7-5-13(6-8-18)19-9-10-20-13/h1-4H,5-10H2. The summed E-state index contributed by atoms with van der Waals surface area (Å²) in [4.78, 5) is 2.07. The van der Waals surface area contributed by atoms with E-state index in [1.807, 2.05) is 0 Å². The zero-order chi connectivity index (χ0) is 14.2. The fourth-order valence-corrected chi connectivity index (χ4v) is 2.75. The van der Waals surface area contributed by atoms with Crippen molar-refractivity contribution >= 4 is 5.69 Å². The number of rotatable bonds is 1. The lowest BCUT2D eigenvalue weighted by molar-refractivity contribution is -0.169. The van der Waals surface area contributed by atoms with Gasteiger partial charge in [0.25, 0.3) is 0 Å². The van der Waals surface area contributed by atoms with Gasteiger partial charge in [-0.2, -0.15) is 13.2 Å². The van der Waals surface area contributed by atoms with Gasteiger partial charge < -0.3 is 14.4 Å². The van der Waals surface area contributed by atoms with Crippen LogP contribution in [-0.4, -0.2) is 32.1 Å². The number of alkyl halides is 3. The van der Waals surface area contributed by atoms with Crippen LogP contribution in [0.2, 0.25) is 0 Å². The second kappa shape index (κ2) is 4.93. The van der Waals surface area contributed by atoms with E-state index >= 15 is 0 Å². The third-order valence-electron chi connectivity index (χ3n) is 3.90. The molecule has 0 aliphatic carbocycles. The maximum atomic E-state index is 12.5. The first kappa shape index (κ1) is 13.7. The van der Waals surface area contributed by atoms with Crippen molar-refractivity contribution in [1.82, 2.24) is 0 Å². The molecule has 3 rings (SSSR count). The fourth-order valence-electron chi connectivity index (χ4n) is 2.75. The van der Waals surface area contributed by atoms with Crippen LogP contribution in [0.1, 0.15) is 18.4 Å². The van der Waals surface area contributed by atoms with E-state index < -0.39 is 17.5 Å². The number of piperidine rings is 1. The maximum absolute atomic E-state index is 12.5. The first-order valence-electron chi connectivity index (χ1n) is 6.69. The summed E-state index contributed by atoms with van der Waals surface area (Å²) in [5, 5.41) is 0. The summed E-state index contributed by atoms with van der Waals surface area (Å²) in [6, 6.07) is 5.30. The Morgan fingerprint density at radius 1 is 0.950 bits per heavy atom. The van der Waals surface area contributed by atoms with Crippen molar-refractivity contribution in [1.29, 1.82) is 0 Å². The van der Waals surface area contributed by atoms with Crippen LogP contribution in [0.3, 0.4) is 0 Å². The van der Waals surface area contributed by atoms with Gasteiger partial charge in [-0.1, -0.05) is 0 Å². The van der Waals surface area contributed by atoms with Crippen LogP contribution >= 0.6 is 0 Å². The van der Waals surface area contributed by atoms with Crippen LogP contribution in [0.5, 0.6) is 0 Å². The van der Waals surface area contributed by atoms with Gasteiger partial charge in [0, 0.05) is 31.6 Å². The predicted molar refractivity (Wildman–Crippen MR) is 67.5 cm³/mol. The summed E-state index contributed by atoms with van der Waals surface area (Å²) < 4.78 is 48.8. The van der Waals surface area contributed by atoms with Crippen LogP contribution in [0.4, 0.5) is 18.9 Å². The van der Waals surface area contributed by atoms with Crippen LogP contribution in [0.25, 0.3) is 0 Å². The van der Waals surface area contributed by atoms with Crippen LogP contribution < -0.4 is 4.90 Å². The topological polar surface area (TPSA) is 21.7 Å². The van der Waals surface area contributed by atoms with Crippen LogP contribution in [0, 0.1) is 0 Å². The molecule has 0 atom stereocenters. The fraction of sp³-hybridized carbons (Fsp3) is 0.571. The molecule has 20 heavy (non-hydrogen) atoms. The molecule has 1 aromatic carbocycles. The minimum atomic E-state index is -4.28. The van der Waals surface area contributed by atoms with E-state index in [0.29, 0.717) is 13.2 Å². The molecular weight excluding hydrogens is 271 g/mol. The Bertz CT molecular complexity index is 456. The van der Waals surface area contributed by atoms with Crippen molar-refractivity contribution in [3.8, 4) is 0 Å². The van der Waals surface area contributed by atoms with Crippen LogP contribution in [0.15, 0.2) is 24.3 Å². The van der Waals surface area contributed by atoms with Crippen LogP contribution in [-0.2, 0) is 15.7 Å². The van der Waals surface area contributed by atoms with Gasteiger partial charge >= 0.3 is 6.18 Å². The van der Waals surface area contributed by atoms with Crippen molar-refractivity contribution < 1.29 is 22.6 Å². The zero-order valence-corrected chi connectivity index (χ0v) is 10.9. The molecule has 1 aromatic rings. The normalized spacial score (nSPS) is 22.4. The lowest BCUT2D eigenvalue weighted by atomic mass is 10.0. The summed E-state index contributed by atoms with van der Waals surface area (Å²) in [7, 11) is 0. The Labute approximate surface area is 115 Å². The van der Waals surface area contributed by atoms with Crippen molar-refractivity contribution in [3.63, 3.8) is 0 Å². The van der Waals surface area contributed by atoms with Crippen molar-refractivity contribution in [2.45, 2.75) is 24.8 Å². The summed E-state index contributed by atoms with van der Waals surface area (Å²) in [5.41, 5.74) is 0.197. The van der Waals surface area contributed by atoms with Gasteiger partial charge in [-0.3, -0.25) is 0 Å². The Morgan fingerprint density at radius 2 is 1.50 bits per heavy atom. The summed E-state index contributed by atoms with van der Waals surface area (Å²) in [6.07, 6.45) is -2.79. The first-order chi connectivity index (χ1) is 9.49. The van der Waals surface area contributed by atoms with Crippen molar-refractivity contribution in [3.05, 3.63) is 29.8 Å². The minimum Gasteiger partial charge on any atom is -0.371 e. The monoisotopic (exact) mass is 287 g/mol. The molecule has 0 bridgehead atoms. The summed E-state index contributed by atoms with van der Waals surface area (Å²) >= 11 is 0. The Hall–Kier alpha value is -1.27. The number of nitrogens with zero attached hydrogens (tertiary/aromatic N) is 1. The molecule has 0 aromatic heterocycles. The number of hydrogen-bond acceptors (Lipinski definition) is 3. The molecule has 0 amide bonds. The van der Waals surface area contributed by atoms with Gasteiger partial charge in [0.05, 0.1) is 18.8 Å². The molecule has 0 N–H and O–H groups in total. The molecule has 2 aliphatic heterocycles. The van der Waals surface area contributed by atoms with Gasteiger partial charge in [0.15, 0.2) is 5.79 Å². The molecule has 2 fully saturated rings. The lowest BCUT2D eigenvalue weighted by Crippen LogP contribution is -2.45. The third kappa shape index (κ3) is 2.62. The second-order valence-electron chi connectivity index (χ2n) is 5.14. The van der Waals surface area contributed by atoms with E-state index in [-0.39, 0.29) is 0 Å². The highest BCUT2D eigenvalue weighted by molar-refractivity contribution is 5.48. The van der Waals surface area contributed by atoms with E-state index in [9.17, 15) is 13.2 Å². The van der Waals surface area contributed by atoms with Gasteiger partial charge in [0.1, 0.15) is 0 Å². The molecule has 3 nitrogen and oxygen atoms in total. The van der Waals surface area contributed by atoms with Gasteiger partial charge in [-0.05, 0) is 24.3 Å². The number of halogens is 3. The smallest absolute Gasteiger partial charge is 0.371 e. The van der Waals surface area contributed by atoms with E-state index in [0.717, 1.165) is 43.8 Å². The second-order valence-corrected chi connectivity index (χ2v) is 5.14. The summed E-state index contributed by atoms with van der Waals surface area (Å²) in [6.45, 7) is 2.71. The number of hydrogen-bond donors (Lipinski definition) is 0. The van der Waals surface area contributed by atoms with E-state index in [4.69, 9.17) is 9.47 Å². The Balaban J connectivity index is 1.66. The minimum absolute atomic E-state index is 0.456. The molecule has 2 saturated heterocycles. The molecule has 0 saturated carbocycles. The number of anilines is 1. The molecular formula is C14H16F3NO2.